The minimum absolute atomic E-state index is 0.384. The standard InChI is InChI=1S/C12H19BrN4O/c1-3-14-11-10(13)12(16-8-15-11)17-6-4-9(18-2)5-7-17/h8-9H,3-7H2,1-2H3,(H,14,15,16). The van der Waals surface area contributed by atoms with Crippen molar-refractivity contribution in [1.82, 2.24) is 9.97 Å². The Morgan fingerprint density at radius 3 is 2.78 bits per heavy atom. The van der Waals surface area contributed by atoms with Crippen molar-refractivity contribution in [2.75, 3.05) is 37.0 Å². The highest BCUT2D eigenvalue weighted by atomic mass is 79.9. The quantitative estimate of drug-likeness (QED) is 0.924. The Labute approximate surface area is 116 Å². The zero-order chi connectivity index (χ0) is 13.0. The molecular weight excluding hydrogens is 296 g/mol. The van der Waals surface area contributed by atoms with Gasteiger partial charge in [-0.1, -0.05) is 0 Å². The van der Waals surface area contributed by atoms with E-state index in [2.05, 4.69) is 43.0 Å². The van der Waals surface area contributed by atoms with E-state index in [-0.39, 0.29) is 0 Å². The van der Waals surface area contributed by atoms with Gasteiger partial charge in [0.2, 0.25) is 0 Å². The summed E-state index contributed by atoms with van der Waals surface area (Å²) in [6.07, 6.45) is 4.09. The number of piperidine rings is 1. The fourth-order valence-corrected chi connectivity index (χ4v) is 2.77. The van der Waals surface area contributed by atoms with Gasteiger partial charge >= 0.3 is 0 Å². The van der Waals surface area contributed by atoms with Crippen LogP contribution >= 0.6 is 15.9 Å². The highest BCUT2D eigenvalue weighted by molar-refractivity contribution is 9.10. The molecule has 0 aliphatic carbocycles. The minimum atomic E-state index is 0.384. The average Bonchev–Trinajstić information content (AvgIpc) is 2.42. The molecule has 0 atom stereocenters. The number of nitrogens with zero attached hydrogens (tertiary/aromatic N) is 3. The van der Waals surface area contributed by atoms with Crippen LogP contribution < -0.4 is 10.2 Å². The third-order valence-electron chi connectivity index (χ3n) is 3.19. The van der Waals surface area contributed by atoms with Gasteiger partial charge in [-0.25, -0.2) is 9.97 Å². The van der Waals surface area contributed by atoms with Crippen molar-refractivity contribution in [3.05, 3.63) is 10.8 Å². The minimum Gasteiger partial charge on any atom is -0.381 e. The SMILES string of the molecule is CCNc1ncnc(N2CCC(OC)CC2)c1Br. The lowest BCUT2D eigenvalue weighted by Crippen LogP contribution is -2.37. The van der Waals surface area contributed by atoms with Gasteiger partial charge in [0.25, 0.3) is 0 Å². The summed E-state index contributed by atoms with van der Waals surface area (Å²) in [5.74, 6) is 1.83. The number of halogens is 1. The van der Waals surface area contributed by atoms with Crippen LogP contribution in [0.1, 0.15) is 19.8 Å². The second kappa shape index (κ2) is 6.33. The van der Waals surface area contributed by atoms with Crippen molar-refractivity contribution in [3.63, 3.8) is 0 Å². The van der Waals surface area contributed by atoms with E-state index in [1.807, 2.05) is 0 Å². The molecule has 5 nitrogen and oxygen atoms in total. The van der Waals surface area contributed by atoms with Crippen LogP contribution in [-0.2, 0) is 4.74 Å². The van der Waals surface area contributed by atoms with Crippen LogP contribution in [0.4, 0.5) is 11.6 Å². The van der Waals surface area contributed by atoms with Gasteiger partial charge in [-0.2, -0.15) is 0 Å². The largest absolute Gasteiger partial charge is 0.381 e. The highest BCUT2D eigenvalue weighted by Crippen LogP contribution is 2.31. The molecule has 1 aromatic heterocycles. The van der Waals surface area contributed by atoms with Gasteiger partial charge in [-0.15, -0.1) is 0 Å². The molecule has 0 unspecified atom stereocenters. The number of hydrogen-bond donors (Lipinski definition) is 1. The van der Waals surface area contributed by atoms with Crippen molar-refractivity contribution in [3.8, 4) is 0 Å². The maximum atomic E-state index is 5.38. The number of ether oxygens (including phenoxy) is 1. The van der Waals surface area contributed by atoms with Gasteiger partial charge in [0, 0.05) is 26.7 Å². The first-order chi connectivity index (χ1) is 8.76. The molecule has 0 aromatic carbocycles. The number of methoxy groups -OCH3 is 1. The van der Waals surface area contributed by atoms with E-state index in [0.29, 0.717) is 6.10 Å². The van der Waals surface area contributed by atoms with Gasteiger partial charge in [-0.3, -0.25) is 0 Å². The van der Waals surface area contributed by atoms with Crippen molar-refractivity contribution < 1.29 is 4.74 Å². The lowest BCUT2D eigenvalue weighted by atomic mass is 10.1. The predicted octanol–water partition coefficient (Wildman–Crippen LogP) is 2.29. The Balaban J connectivity index is 2.11. The van der Waals surface area contributed by atoms with Gasteiger partial charge < -0.3 is 15.0 Å². The number of rotatable bonds is 4. The lowest BCUT2D eigenvalue weighted by Gasteiger charge is -2.32. The van der Waals surface area contributed by atoms with Crippen LogP contribution in [0.5, 0.6) is 0 Å². The number of hydrogen-bond acceptors (Lipinski definition) is 5. The molecule has 1 aliphatic heterocycles. The molecule has 18 heavy (non-hydrogen) atoms. The van der Waals surface area contributed by atoms with Crippen LogP contribution in [0.3, 0.4) is 0 Å². The van der Waals surface area contributed by atoms with Crippen molar-refractivity contribution in [1.29, 1.82) is 0 Å². The fraction of sp³-hybridized carbons (Fsp3) is 0.667. The molecule has 6 heteroatoms. The molecular formula is C12H19BrN4O. The maximum Gasteiger partial charge on any atom is 0.148 e. The molecule has 0 saturated carbocycles. The first-order valence-corrected chi connectivity index (χ1v) is 7.07. The average molecular weight is 315 g/mol. The third-order valence-corrected chi connectivity index (χ3v) is 3.92. The summed E-state index contributed by atoms with van der Waals surface area (Å²) in [6, 6.07) is 0. The van der Waals surface area contributed by atoms with Crippen molar-refractivity contribution in [2.45, 2.75) is 25.9 Å². The predicted molar refractivity (Wildman–Crippen MR) is 76.1 cm³/mol. The van der Waals surface area contributed by atoms with Crippen LogP contribution in [-0.4, -0.2) is 42.8 Å². The van der Waals surface area contributed by atoms with E-state index in [0.717, 1.165) is 48.6 Å². The summed E-state index contributed by atoms with van der Waals surface area (Å²) in [4.78, 5) is 10.9. The molecule has 1 N–H and O–H groups in total. The Bertz CT molecular complexity index is 394. The van der Waals surface area contributed by atoms with E-state index in [1.165, 1.54) is 0 Å². The molecule has 1 saturated heterocycles. The molecule has 1 aromatic rings. The molecule has 2 rings (SSSR count). The Hall–Kier alpha value is -0.880. The molecule has 2 heterocycles. The molecule has 100 valence electrons. The zero-order valence-electron chi connectivity index (χ0n) is 10.8. The summed E-state index contributed by atoms with van der Waals surface area (Å²) in [5.41, 5.74) is 0. The summed E-state index contributed by atoms with van der Waals surface area (Å²) in [7, 11) is 1.78. The van der Waals surface area contributed by atoms with E-state index in [1.54, 1.807) is 13.4 Å². The monoisotopic (exact) mass is 314 g/mol. The van der Waals surface area contributed by atoms with Gasteiger partial charge in [0.05, 0.1) is 6.10 Å². The topological polar surface area (TPSA) is 50.3 Å². The van der Waals surface area contributed by atoms with Crippen LogP contribution in [0.2, 0.25) is 0 Å². The maximum absolute atomic E-state index is 5.38. The van der Waals surface area contributed by atoms with E-state index >= 15 is 0 Å². The van der Waals surface area contributed by atoms with E-state index in [9.17, 15) is 0 Å². The van der Waals surface area contributed by atoms with Gasteiger partial charge in [-0.05, 0) is 35.7 Å². The number of anilines is 2. The fourth-order valence-electron chi connectivity index (χ4n) is 2.17. The molecule has 1 fully saturated rings. The molecule has 1 aliphatic rings. The van der Waals surface area contributed by atoms with Gasteiger partial charge in [0.1, 0.15) is 22.4 Å². The van der Waals surface area contributed by atoms with Crippen LogP contribution in [0.25, 0.3) is 0 Å². The summed E-state index contributed by atoms with van der Waals surface area (Å²) < 4.78 is 6.33. The number of aromatic nitrogens is 2. The van der Waals surface area contributed by atoms with Crippen molar-refractivity contribution >= 4 is 27.6 Å². The summed E-state index contributed by atoms with van der Waals surface area (Å²) in [6.45, 7) is 4.85. The summed E-state index contributed by atoms with van der Waals surface area (Å²) >= 11 is 3.59. The molecule has 0 amide bonds. The van der Waals surface area contributed by atoms with Crippen molar-refractivity contribution in [2.24, 2.45) is 0 Å². The second-order valence-electron chi connectivity index (χ2n) is 4.31. The lowest BCUT2D eigenvalue weighted by molar-refractivity contribution is 0.0818. The molecule has 0 spiro atoms. The first-order valence-electron chi connectivity index (χ1n) is 6.28. The van der Waals surface area contributed by atoms with Crippen LogP contribution in [0.15, 0.2) is 10.8 Å². The molecule has 0 radical (unpaired) electrons. The first kappa shape index (κ1) is 13.5. The Morgan fingerprint density at radius 2 is 2.17 bits per heavy atom. The Kier molecular flexibility index (Phi) is 4.77. The smallest absolute Gasteiger partial charge is 0.148 e. The molecule has 0 bridgehead atoms. The van der Waals surface area contributed by atoms with Gasteiger partial charge in [0.15, 0.2) is 0 Å². The zero-order valence-corrected chi connectivity index (χ0v) is 12.4. The number of nitrogens with one attached hydrogen (secondary N) is 1. The second-order valence-corrected chi connectivity index (χ2v) is 5.11. The third kappa shape index (κ3) is 2.92. The van der Waals surface area contributed by atoms with E-state index < -0.39 is 0 Å². The van der Waals surface area contributed by atoms with Crippen LogP contribution in [0, 0.1) is 0 Å². The van der Waals surface area contributed by atoms with E-state index in [4.69, 9.17) is 4.74 Å². The Morgan fingerprint density at radius 1 is 1.44 bits per heavy atom. The highest BCUT2D eigenvalue weighted by Gasteiger charge is 2.22. The summed E-state index contributed by atoms with van der Waals surface area (Å²) in [5, 5.41) is 3.23. The normalized spacial score (nSPS) is 16.9.